The van der Waals surface area contributed by atoms with Gasteiger partial charge >= 0.3 is 0 Å². The number of hydrogen-bond donors (Lipinski definition) is 0. The van der Waals surface area contributed by atoms with Gasteiger partial charge in [0.1, 0.15) is 10.0 Å². The smallest absolute Gasteiger partial charge is 0.187 e. The minimum atomic E-state index is 0.395. The van der Waals surface area contributed by atoms with Crippen molar-refractivity contribution in [3.05, 3.63) is 28.5 Å². The molecule has 0 saturated heterocycles. The van der Waals surface area contributed by atoms with Crippen molar-refractivity contribution in [3.8, 4) is 0 Å². The largest absolute Gasteiger partial charge is 0.200 e. The highest BCUT2D eigenvalue weighted by Gasteiger charge is 2.07. The number of halogens is 2. The standard InChI is InChI=1S/C8H10Cl2N/c1-6(2)11-4-7(9)3-8(10)5-11/h3-6H,1-2H3/q+1. The van der Waals surface area contributed by atoms with E-state index in [4.69, 9.17) is 23.2 Å². The molecule has 1 nitrogen and oxygen atoms in total. The van der Waals surface area contributed by atoms with Crippen LogP contribution in [0.1, 0.15) is 19.9 Å². The van der Waals surface area contributed by atoms with E-state index in [0.717, 1.165) is 0 Å². The molecule has 1 aromatic heterocycles. The summed E-state index contributed by atoms with van der Waals surface area (Å²) in [5.41, 5.74) is 0. The van der Waals surface area contributed by atoms with Crippen molar-refractivity contribution in [1.29, 1.82) is 0 Å². The fourth-order valence-corrected chi connectivity index (χ4v) is 1.34. The Labute approximate surface area is 76.6 Å². The molecule has 11 heavy (non-hydrogen) atoms. The second kappa shape index (κ2) is 3.42. The highest BCUT2D eigenvalue weighted by Crippen LogP contribution is 2.12. The fraction of sp³-hybridized carbons (Fsp3) is 0.375. The highest BCUT2D eigenvalue weighted by molar-refractivity contribution is 6.34. The zero-order valence-corrected chi connectivity index (χ0v) is 8.02. The first kappa shape index (κ1) is 8.82. The quantitative estimate of drug-likeness (QED) is 0.601. The van der Waals surface area contributed by atoms with E-state index in [2.05, 4.69) is 13.8 Å². The minimum Gasteiger partial charge on any atom is -0.200 e. The summed E-state index contributed by atoms with van der Waals surface area (Å²) in [5.74, 6) is 0. The Balaban J connectivity index is 3.08. The second-order valence-corrected chi connectivity index (χ2v) is 3.59. The van der Waals surface area contributed by atoms with Crippen molar-refractivity contribution < 1.29 is 4.57 Å². The lowest BCUT2D eigenvalue weighted by Crippen LogP contribution is -2.35. The van der Waals surface area contributed by atoms with Gasteiger partial charge in [-0.05, 0) is 19.9 Å². The predicted octanol–water partition coefficient (Wildman–Crippen LogP) is 2.86. The summed E-state index contributed by atoms with van der Waals surface area (Å²) in [4.78, 5) is 0. The number of pyridine rings is 1. The molecule has 0 N–H and O–H groups in total. The van der Waals surface area contributed by atoms with Crippen LogP contribution in [-0.2, 0) is 0 Å². The summed E-state index contributed by atoms with van der Waals surface area (Å²) >= 11 is 11.6. The van der Waals surface area contributed by atoms with Crippen LogP contribution in [0, 0.1) is 0 Å². The van der Waals surface area contributed by atoms with E-state index < -0.39 is 0 Å². The molecule has 0 aliphatic rings. The Morgan fingerprint density at radius 2 is 1.64 bits per heavy atom. The van der Waals surface area contributed by atoms with Crippen LogP contribution in [0.2, 0.25) is 10.0 Å². The molecule has 0 aliphatic heterocycles. The van der Waals surface area contributed by atoms with Gasteiger partial charge in [-0.2, -0.15) is 0 Å². The fourth-order valence-electron chi connectivity index (χ4n) is 0.826. The van der Waals surface area contributed by atoms with E-state index in [1.807, 2.05) is 17.0 Å². The molecule has 0 amide bonds. The summed E-state index contributed by atoms with van der Waals surface area (Å²) < 4.78 is 1.98. The van der Waals surface area contributed by atoms with E-state index in [0.29, 0.717) is 16.1 Å². The van der Waals surface area contributed by atoms with Crippen molar-refractivity contribution in [1.82, 2.24) is 0 Å². The number of aromatic nitrogens is 1. The third-order valence-electron chi connectivity index (χ3n) is 1.42. The first-order valence-electron chi connectivity index (χ1n) is 3.46. The van der Waals surface area contributed by atoms with Gasteiger partial charge in [-0.25, -0.2) is 4.57 Å². The third kappa shape index (κ3) is 2.35. The van der Waals surface area contributed by atoms with Gasteiger partial charge in [0.25, 0.3) is 0 Å². The van der Waals surface area contributed by atoms with Crippen LogP contribution in [-0.4, -0.2) is 0 Å². The Bertz CT molecular complexity index is 238. The molecule has 0 aliphatic carbocycles. The van der Waals surface area contributed by atoms with Crippen molar-refractivity contribution in [2.45, 2.75) is 19.9 Å². The molecule has 1 aromatic rings. The van der Waals surface area contributed by atoms with E-state index in [1.165, 1.54) is 0 Å². The Morgan fingerprint density at radius 3 is 2.00 bits per heavy atom. The summed E-state index contributed by atoms with van der Waals surface area (Å²) in [6, 6.07) is 2.12. The van der Waals surface area contributed by atoms with Gasteiger partial charge in [0.2, 0.25) is 0 Å². The van der Waals surface area contributed by atoms with Crippen LogP contribution in [0.5, 0.6) is 0 Å². The molecule has 0 bridgehead atoms. The van der Waals surface area contributed by atoms with Crippen LogP contribution in [0.15, 0.2) is 18.5 Å². The van der Waals surface area contributed by atoms with Crippen LogP contribution in [0.25, 0.3) is 0 Å². The average molecular weight is 191 g/mol. The topological polar surface area (TPSA) is 3.88 Å². The Morgan fingerprint density at radius 1 is 1.18 bits per heavy atom. The van der Waals surface area contributed by atoms with Crippen molar-refractivity contribution in [2.75, 3.05) is 0 Å². The van der Waals surface area contributed by atoms with Gasteiger partial charge in [-0.1, -0.05) is 23.2 Å². The van der Waals surface area contributed by atoms with Crippen LogP contribution < -0.4 is 4.57 Å². The van der Waals surface area contributed by atoms with Gasteiger partial charge < -0.3 is 0 Å². The predicted molar refractivity (Wildman–Crippen MR) is 47.0 cm³/mol. The summed E-state index contributed by atoms with van der Waals surface area (Å²) in [5, 5.41) is 1.34. The molecule has 0 atom stereocenters. The van der Waals surface area contributed by atoms with Crippen molar-refractivity contribution in [2.24, 2.45) is 0 Å². The first-order valence-corrected chi connectivity index (χ1v) is 4.22. The van der Waals surface area contributed by atoms with E-state index in [-0.39, 0.29) is 0 Å². The molecule has 0 unspecified atom stereocenters. The molecular weight excluding hydrogens is 181 g/mol. The first-order chi connectivity index (χ1) is 5.09. The molecule has 0 radical (unpaired) electrons. The average Bonchev–Trinajstić information content (AvgIpc) is 1.85. The highest BCUT2D eigenvalue weighted by atomic mass is 35.5. The maximum Gasteiger partial charge on any atom is 0.187 e. The van der Waals surface area contributed by atoms with E-state index >= 15 is 0 Å². The molecule has 1 heterocycles. The molecular formula is C8H10Cl2N+. The summed E-state index contributed by atoms with van der Waals surface area (Å²) in [7, 11) is 0. The van der Waals surface area contributed by atoms with Gasteiger partial charge in [0.05, 0.1) is 0 Å². The molecule has 0 spiro atoms. The van der Waals surface area contributed by atoms with Crippen LogP contribution in [0.3, 0.4) is 0 Å². The van der Waals surface area contributed by atoms with E-state index in [1.54, 1.807) is 6.07 Å². The van der Waals surface area contributed by atoms with Crippen LogP contribution >= 0.6 is 23.2 Å². The van der Waals surface area contributed by atoms with Gasteiger partial charge in [-0.3, -0.25) is 0 Å². The lowest BCUT2D eigenvalue weighted by atomic mass is 10.3. The molecule has 0 fully saturated rings. The SMILES string of the molecule is CC(C)[n+]1cc(Cl)cc(Cl)c1. The van der Waals surface area contributed by atoms with Gasteiger partial charge in [0.15, 0.2) is 18.4 Å². The maximum absolute atomic E-state index is 5.79. The number of hydrogen-bond acceptors (Lipinski definition) is 0. The molecule has 3 heteroatoms. The summed E-state index contributed by atoms with van der Waals surface area (Å²) in [6.07, 6.45) is 3.72. The molecule has 0 aromatic carbocycles. The monoisotopic (exact) mass is 190 g/mol. The van der Waals surface area contributed by atoms with Crippen molar-refractivity contribution in [3.63, 3.8) is 0 Å². The second-order valence-electron chi connectivity index (χ2n) is 2.71. The maximum atomic E-state index is 5.79. The van der Waals surface area contributed by atoms with Gasteiger partial charge in [-0.15, -0.1) is 0 Å². The zero-order valence-electron chi connectivity index (χ0n) is 6.51. The lowest BCUT2D eigenvalue weighted by Gasteiger charge is -1.99. The van der Waals surface area contributed by atoms with Gasteiger partial charge in [0, 0.05) is 0 Å². The minimum absolute atomic E-state index is 0.395. The zero-order chi connectivity index (χ0) is 8.43. The Kier molecular flexibility index (Phi) is 2.74. The van der Waals surface area contributed by atoms with Crippen molar-refractivity contribution >= 4 is 23.2 Å². The number of nitrogens with zero attached hydrogens (tertiary/aromatic N) is 1. The summed E-state index contributed by atoms with van der Waals surface area (Å²) in [6.45, 7) is 4.15. The van der Waals surface area contributed by atoms with E-state index in [9.17, 15) is 0 Å². The Hall–Kier alpha value is -0.270. The normalized spacial score (nSPS) is 10.6. The molecule has 60 valence electrons. The number of rotatable bonds is 1. The lowest BCUT2D eigenvalue weighted by molar-refractivity contribution is -0.716. The molecule has 1 rings (SSSR count). The third-order valence-corrected chi connectivity index (χ3v) is 1.83. The van der Waals surface area contributed by atoms with Crippen LogP contribution in [0.4, 0.5) is 0 Å². The molecule has 0 saturated carbocycles.